The van der Waals surface area contributed by atoms with Gasteiger partial charge in [0, 0.05) is 79.3 Å². The number of amides is 1. The first-order valence-corrected chi connectivity index (χ1v) is 16.2. The lowest BCUT2D eigenvalue weighted by atomic mass is 9.77. The number of fused-ring (bicyclic) bond motifs is 6. The van der Waals surface area contributed by atoms with Gasteiger partial charge in [-0.3, -0.25) is 19.2 Å². The molecule has 3 aliphatic rings. The van der Waals surface area contributed by atoms with Gasteiger partial charge in [-0.1, -0.05) is 6.07 Å². The lowest BCUT2D eigenvalue weighted by Gasteiger charge is -2.37. The maximum atomic E-state index is 13.8. The number of methoxy groups -OCH3 is 2. The average molecular weight is 697 g/mol. The largest absolute Gasteiger partial charge is 0.512 e. The van der Waals surface area contributed by atoms with Gasteiger partial charge in [-0.05, 0) is 55.0 Å². The van der Waals surface area contributed by atoms with Crippen LogP contribution in [0.1, 0.15) is 70.0 Å². The maximum Gasteiger partial charge on any atom is 0.340 e. The number of anilines is 1. The molecule has 2 heterocycles. The fourth-order valence-electron chi connectivity index (χ4n) is 6.48. The van der Waals surface area contributed by atoms with Crippen LogP contribution in [0.4, 0.5) is 5.69 Å². The van der Waals surface area contributed by atoms with E-state index in [4.69, 9.17) is 23.7 Å². The Bertz CT molecular complexity index is 2000. The molecule has 1 aliphatic carbocycles. The average Bonchev–Trinajstić information content (AvgIpc) is 3.41. The summed E-state index contributed by atoms with van der Waals surface area (Å²) in [5.41, 5.74) is 2.02. The fourth-order valence-corrected chi connectivity index (χ4v) is 6.48. The van der Waals surface area contributed by atoms with Crippen LogP contribution in [0.2, 0.25) is 0 Å². The SMILES string of the molecule is COC(=O)CCN(CCC(=O)OC)C(=O)c1ccc2c(c1)C(=O)OC21c2ccc(OC(C)=O)cc2Oc2cc(N(C)C3=CC=C(O)CC3)ccc21. The quantitative estimate of drug-likeness (QED) is 0.166. The predicted octanol–water partition coefficient (Wildman–Crippen LogP) is 5.30. The molecule has 3 aromatic carbocycles. The first-order chi connectivity index (χ1) is 24.4. The second-order valence-electron chi connectivity index (χ2n) is 12.2. The Hall–Kier alpha value is -6.11. The summed E-state index contributed by atoms with van der Waals surface area (Å²) < 4.78 is 27.5. The van der Waals surface area contributed by atoms with E-state index in [0.29, 0.717) is 46.8 Å². The molecule has 0 radical (unpaired) electrons. The summed E-state index contributed by atoms with van der Waals surface area (Å²) in [5.74, 6) is -1.54. The molecule has 13 nitrogen and oxygen atoms in total. The van der Waals surface area contributed by atoms with Crippen LogP contribution in [0, 0.1) is 0 Å². The Kier molecular flexibility index (Phi) is 9.55. The van der Waals surface area contributed by atoms with Crippen molar-refractivity contribution in [2.24, 2.45) is 0 Å². The van der Waals surface area contributed by atoms with Crippen molar-refractivity contribution in [2.45, 2.75) is 38.2 Å². The molecule has 6 rings (SSSR count). The molecule has 2 aliphatic heterocycles. The van der Waals surface area contributed by atoms with E-state index >= 15 is 0 Å². The monoisotopic (exact) mass is 696 g/mol. The molecule has 1 amide bonds. The molecule has 0 fully saturated rings. The first kappa shape index (κ1) is 34.7. The third kappa shape index (κ3) is 6.62. The third-order valence-electron chi connectivity index (χ3n) is 9.11. The molecule has 51 heavy (non-hydrogen) atoms. The van der Waals surface area contributed by atoms with Gasteiger partial charge in [-0.2, -0.15) is 0 Å². The van der Waals surface area contributed by atoms with Gasteiger partial charge in [0.25, 0.3) is 5.91 Å². The number of aliphatic hydroxyl groups is 1. The molecule has 0 aromatic heterocycles. The Balaban J connectivity index is 1.43. The van der Waals surface area contributed by atoms with Crippen molar-refractivity contribution in [1.82, 2.24) is 4.90 Å². The molecule has 0 saturated carbocycles. The molecule has 1 unspecified atom stereocenters. The van der Waals surface area contributed by atoms with Crippen LogP contribution in [0.25, 0.3) is 0 Å². The molecule has 264 valence electrons. The van der Waals surface area contributed by atoms with Gasteiger partial charge in [-0.15, -0.1) is 0 Å². The summed E-state index contributed by atoms with van der Waals surface area (Å²) in [6.07, 6.45) is 4.45. The number of hydrogen-bond acceptors (Lipinski definition) is 12. The molecule has 0 saturated heterocycles. The second-order valence-corrected chi connectivity index (χ2v) is 12.2. The molecule has 1 spiro atoms. The standard InChI is InChI=1S/C38H36N2O11/c1-22(41)49-27-11-14-31-33(21-27)50-32-20-25(39(2)24-6-9-26(42)10-7-24)8-13-30(32)38(31)29-12-5-23(19-28(29)37(46)51-38)36(45)40(17-15-34(43)47-3)18-16-35(44)48-4/h5-6,8-9,11-14,19-21,42H,7,10,15-18H2,1-4H3. The lowest BCUT2D eigenvalue weighted by molar-refractivity contribution is -0.140. The second kappa shape index (κ2) is 14.0. The normalized spacial score (nSPS) is 16.7. The Labute approximate surface area is 293 Å². The number of hydrogen-bond donors (Lipinski definition) is 1. The van der Waals surface area contributed by atoms with Crippen molar-refractivity contribution in [3.63, 3.8) is 0 Å². The van der Waals surface area contributed by atoms with Crippen LogP contribution in [0.3, 0.4) is 0 Å². The highest BCUT2D eigenvalue weighted by atomic mass is 16.6. The number of carbonyl (C=O) groups is 5. The van der Waals surface area contributed by atoms with Crippen LogP contribution in [-0.2, 0) is 34.2 Å². The number of ether oxygens (including phenoxy) is 5. The maximum absolute atomic E-state index is 13.8. The summed E-state index contributed by atoms with van der Waals surface area (Å²) in [6, 6.07) is 15.0. The summed E-state index contributed by atoms with van der Waals surface area (Å²) in [5, 5.41) is 9.86. The van der Waals surface area contributed by atoms with Crippen molar-refractivity contribution in [2.75, 3.05) is 39.3 Å². The number of nitrogens with zero attached hydrogens (tertiary/aromatic N) is 2. The van der Waals surface area contributed by atoms with E-state index in [9.17, 15) is 29.1 Å². The highest BCUT2D eigenvalue weighted by Gasteiger charge is 2.54. The van der Waals surface area contributed by atoms with E-state index in [-0.39, 0.29) is 42.8 Å². The van der Waals surface area contributed by atoms with Gasteiger partial charge in [0.1, 0.15) is 17.2 Å². The summed E-state index contributed by atoms with van der Waals surface area (Å²) in [6.45, 7) is 1.23. The van der Waals surface area contributed by atoms with Crippen LogP contribution in [0.15, 0.2) is 78.2 Å². The van der Waals surface area contributed by atoms with E-state index in [1.807, 2.05) is 36.2 Å². The van der Waals surface area contributed by atoms with Gasteiger partial charge in [0.05, 0.1) is 38.4 Å². The summed E-state index contributed by atoms with van der Waals surface area (Å²) in [7, 11) is 4.39. The van der Waals surface area contributed by atoms with Crippen LogP contribution < -0.4 is 14.4 Å². The third-order valence-corrected chi connectivity index (χ3v) is 9.11. The highest BCUT2D eigenvalue weighted by molar-refractivity contribution is 6.02. The number of aliphatic hydroxyl groups excluding tert-OH is 1. The van der Waals surface area contributed by atoms with Crippen LogP contribution >= 0.6 is 0 Å². The van der Waals surface area contributed by atoms with Crippen molar-refractivity contribution >= 4 is 35.5 Å². The van der Waals surface area contributed by atoms with E-state index in [2.05, 4.69) is 0 Å². The van der Waals surface area contributed by atoms with Crippen molar-refractivity contribution in [3.8, 4) is 17.2 Å². The van der Waals surface area contributed by atoms with Gasteiger partial charge in [0.2, 0.25) is 0 Å². The van der Waals surface area contributed by atoms with Crippen molar-refractivity contribution < 1.29 is 52.8 Å². The first-order valence-electron chi connectivity index (χ1n) is 16.2. The summed E-state index contributed by atoms with van der Waals surface area (Å²) >= 11 is 0. The molecular weight excluding hydrogens is 660 g/mol. The van der Waals surface area contributed by atoms with E-state index < -0.39 is 35.4 Å². The minimum atomic E-state index is -1.49. The molecule has 1 N–H and O–H groups in total. The van der Waals surface area contributed by atoms with Crippen molar-refractivity contribution in [3.05, 3.63) is 106 Å². The van der Waals surface area contributed by atoms with E-state index in [1.165, 1.54) is 32.1 Å². The number of benzene rings is 3. The minimum absolute atomic E-state index is 0.0259. The molecular formula is C38H36N2O11. The van der Waals surface area contributed by atoms with Gasteiger partial charge in [0.15, 0.2) is 5.60 Å². The van der Waals surface area contributed by atoms with E-state index in [0.717, 1.165) is 11.4 Å². The van der Waals surface area contributed by atoms with Crippen LogP contribution in [-0.4, -0.2) is 74.1 Å². The number of carbonyl (C=O) groups excluding carboxylic acids is 5. The molecule has 1 atom stereocenters. The lowest BCUT2D eigenvalue weighted by Crippen LogP contribution is -2.35. The van der Waals surface area contributed by atoms with E-state index in [1.54, 1.807) is 36.4 Å². The number of rotatable bonds is 10. The van der Waals surface area contributed by atoms with Gasteiger partial charge in [-0.25, -0.2) is 4.79 Å². The van der Waals surface area contributed by atoms with Gasteiger partial charge >= 0.3 is 23.9 Å². The topological polar surface area (TPSA) is 158 Å². The number of allylic oxidation sites excluding steroid dienone is 4. The van der Waals surface area contributed by atoms with Crippen LogP contribution in [0.5, 0.6) is 17.2 Å². The zero-order valence-electron chi connectivity index (χ0n) is 28.5. The summed E-state index contributed by atoms with van der Waals surface area (Å²) in [4.78, 5) is 66.5. The zero-order chi connectivity index (χ0) is 36.4. The smallest absolute Gasteiger partial charge is 0.340 e. The molecule has 13 heteroatoms. The Morgan fingerprint density at radius 2 is 1.49 bits per heavy atom. The predicted molar refractivity (Wildman–Crippen MR) is 182 cm³/mol. The number of esters is 4. The molecule has 3 aromatic rings. The van der Waals surface area contributed by atoms with Crippen molar-refractivity contribution in [1.29, 1.82) is 0 Å². The Morgan fingerprint density at radius 3 is 2.12 bits per heavy atom. The van der Waals surface area contributed by atoms with Gasteiger partial charge < -0.3 is 38.6 Å². The fraction of sp³-hybridized carbons (Fsp3) is 0.289. The molecule has 0 bridgehead atoms. The zero-order valence-corrected chi connectivity index (χ0v) is 28.5. The minimum Gasteiger partial charge on any atom is -0.512 e. The highest BCUT2D eigenvalue weighted by Crippen LogP contribution is 2.57. The Morgan fingerprint density at radius 1 is 0.843 bits per heavy atom.